The van der Waals surface area contributed by atoms with E-state index in [4.69, 9.17) is 9.47 Å². The van der Waals surface area contributed by atoms with Crippen LogP contribution in [-0.2, 0) is 0 Å². The van der Waals surface area contributed by atoms with Gasteiger partial charge in [-0.15, -0.1) is 0 Å². The molecule has 0 fully saturated rings. The van der Waals surface area contributed by atoms with Crippen LogP contribution in [0.1, 0.15) is 102 Å². The molecule has 5 heteroatoms. The highest BCUT2D eigenvalue weighted by atomic mass is 16.5. The molecule has 0 radical (unpaired) electrons. The van der Waals surface area contributed by atoms with E-state index in [0.29, 0.717) is 30.2 Å². The summed E-state index contributed by atoms with van der Waals surface area (Å²) < 4.78 is 12.2. The highest BCUT2D eigenvalue weighted by molar-refractivity contribution is 6.59. The van der Waals surface area contributed by atoms with Gasteiger partial charge in [0.2, 0.25) is 0 Å². The predicted octanol–water partition coefficient (Wildman–Crippen LogP) is 7.02. The third-order valence-electron chi connectivity index (χ3n) is 6.19. The normalized spacial score (nSPS) is 11.2. The lowest BCUT2D eigenvalue weighted by Gasteiger charge is -2.16. The van der Waals surface area contributed by atoms with Crippen molar-refractivity contribution in [3.8, 4) is 11.5 Å². The van der Waals surface area contributed by atoms with E-state index in [1.807, 2.05) is 36.4 Å². The monoisotopic (exact) mass is 480 g/mol. The van der Waals surface area contributed by atoms with Gasteiger partial charge in [0.05, 0.1) is 13.2 Å². The van der Waals surface area contributed by atoms with Crippen molar-refractivity contribution in [3.63, 3.8) is 0 Å². The van der Waals surface area contributed by atoms with Crippen molar-refractivity contribution in [2.45, 2.75) is 90.9 Å². The molecule has 0 aromatic heterocycles. The van der Waals surface area contributed by atoms with Crippen LogP contribution in [0.15, 0.2) is 42.5 Å². The van der Waals surface area contributed by atoms with E-state index >= 15 is 0 Å². The number of benzene rings is 2. The lowest BCUT2D eigenvalue weighted by atomic mass is 9.78. The van der Waals surface area contributed by atoms with Crippen LogP contribution < -0.4 is 14.9 Å². The molecule has 0 aliphatic carbocycles. The summed E-state index contributed by atoms with van der Waals surface area (Å²) in [5.41, 5.74) is 2.32. The Morgan fingerprint density at radius 2 is 1.20 bits per heavy atom. The van der Waals surface area contributed by atoms with Crippen molar-refractivity contribution >= 4 is 24.7 Å². The fourth-order valence-electron chi connectivity index (χ4n) is 4.05. The van der Waals surface area contributed by atoms with Crippen molar-refractivity contribution in [2.24, 2.45) is 0 Å². The first-order chi connectivity index (χ1) is 17.2. The van der Waals surface area contributed by atoms with Gasteiger partial charge in [0.15, 0.2) is 0 Å². The average molecular weight is 480 g/mol. The highest BCUT2D eigenvalue weighted by Crippen LogP contribution is 2.26. The summed E-state index contributed by atoms with van der Waals surface area (Å²) in [7, 11) is -1.61. The molecule has 2 aromatic carbocycles. The largest absolute Gasteiger partial charge is 0.494 e. The maximum atomic E-state index is 10.0. The second kappa shape index (κ2) is 18.1. The second-order valence-electron chi connectivity index (χ2n) is 9.28. The van der Waals surface area contributed by atoms with E-state index in [1.165, 1.54) is 51.4 Å². The molecule has 0 amide bonds. The van der Waals surface area contributed by atoms with Gasteiger partial charge in [0, 0.05) is 11.0 Å². The molecule has 35 heavy (non-hydrogen) atoms. The topological polar surface area (TPSA) is 58.9 Å². The number of hydrogen-bond donors (Lipinski definition) is 2. The zero-order chi connectivity index (χ0) is 25.1. The zero-order valence-corrected chi connectivity index (χ0v) is 21.9. The fourth-order valence-corrected chi connectivity index (χ4v) is 4.05. The third-order valence-corrected chi connectivity index (χ3v) is 6.19. The van der Waals surface area contributed by atoms with Gasteiger partial charge < -0.3 is 19.5 Å². The van der Waals surface area contributed by atoms with E-state index in [2.05, 4.69) is 26.0 Å². The van der Waals surface area contributed by atoms with E-state index in [-0.39, 0.29) is 0 Å². The highest BCUT2D eigenvalue weighted by Gasteiger charge is 2.20. The standard InChI is InChI=1S/C30H45BO4/c1-3-5-7-9-11-16-22-34-29-25-28(31(32)33)30(35-23-17-12-10-8-6-4-2)24-27(29)21-20-26-18-14-13-15-19-26/h13-15,18-21,24-25,32-33H,3-12,16-17,22-23H2,1-2H3/b21-20-. The lowest BCUT2D eigenvalue weighted by molar-refractivity contribution is 0.296. The van der Waals surface area contributed by atoms with Crippen LogP contribution in [0.4, 0.5) is 0 Å². The van der Waals surface area contributed by atoms with Crippen LogP contribution in [0.2, 0.25) is 0 Å². The molecule has 0 atom stereocenters. The summed E-state index contributed by atoms with van der Waals surface area (Å²) in [6.45, 7) is 5.61. The number of rotatable bonds is 19. The van der Waals surface area contributed by atoms with Crippen molar-refractivity contribution < 1.29 is 19.5 Å². The van der Waals surface area contributed by atoms with Crippen molar-refractivity contribution in [1.82, 2.24) is 0 Å². The summed E-state index contributed by atoms with van der Waals surface area (Å²) in [4.78, 5) is 0. The Morgan fingerprint density at radius 1 is 0.657 bits per heavy atom. The molecule has 0 saturated heterocycles. The molecular formula is C30H45BO4. The Balaban J connectivity index is 2.10. The Morgan fingerprint density at radius 3 is 1.77 bits per heavy atom. The second-order valence-corrected chi connectivity index (χ2v) is 9.28. The molecule has 2 N–H and O–H groups in total. The Labute approximate surface area is 213 Å². The predicted molar refractivity (Wildman–Crippen MR) is 149 cm³/mol. The molecule has 0 aliphatic heterocycles. The Bertz CT molecular complexity index is 836. The van der Waals surface area contributed by atoms with Gasteiger partial charge in [-0.1, -0.05) is 121 Å². The van der Waals surface area contributed by atoms with Crippen LogP contribution in [0, 0.1) is 0 Å². The molecule has 192 valence electrons. The first kappa shape index (κ1) is 29.0. The number of hydrogen-bond acceptors (Lipinski definition) is 4. The van der Waals surface area contributed by atoms with E-state index in [0.717, 1.165) is 36.8 Å². The Hall–Kier alpha value is -2.24. The molecule has 0 bridgehead atoms. The minimum atomic E-state index is -1.61. The molecule has 2 rings (SSSR count). The van der Waals surface area contributed by atoms with Crippen LogP contribution in [0.5, 0.6) is 11.5 Å². The van der Waals surface area contributed by atoms with Gasteiger partial charge in [0.1, 0.15) is 11.5 Å². The lowest BCUT2D eigenvalue weighted by Crippen LogP contribution is -2.32. The summed E-state index contributed by atoms with van der Waals surface area (Å²) in [6, 6.07) is 13.7. The van der Waals surface area contributed by atoms with E-state index in [1.54, 1.807) is 6.07 Å². The molecular weight excluding hydrogens is 435 g/mol. The molecule has 0 spiro atoms. The van der Waals surface area contributed by atoms with Gasteiger partial charge >= 0.3 is 7.12 Å². The van der Waals surface area contributed by atoms with Gasteiger partial charge in [-0.3, -0.25) is 0 Å². The Kier molecular flexibility index (Phi) is 15.0. The summed E-state index contributed by atoms with van der Waals surface area (Å²) in [5, 5.41) is 20.0. The minimum Gasteiger partial charge on any atom is -0.494 e. The van der Waals surface area contributed by atoms with Crippen molar-refractivity contribution in [3.05, 3.63) is 53.6 Å². The smallest absolute Gasteiger partial charge is 0.492 e. The summed E-state index contributed by atoms with van der Waals surface area (Å²) >= 11 is 0. The van der Waals surface area contributed by atoms with Crippen molar-refractivity contribution in [2.75, 3.05) is 13.2 Å². The third kappa shape index (κ3) is 11.8. The maximum absolute atomic E-state index is 10.0. The average Bonchev–Trinajstić information content (AvgIpc) is 2.87. The first-order valence-electron chi connectivity index (χ1n) is 13.7. The maximum Gasteiger partial charge on any atom is 0.492 e. The van der Waals surface area contributed by atoms with Crippen LogP contribution in [0.25, 0.3) is 12.2 Å². The molecule has 0 saturated carbocycles. The minimum absolute atomic E-state index is 0.353. The van der Waals surface area contributed by atoms with Gasteiger partial charge in [-0.25, -0.2) is 0 Å². The quantitative estimate of drug-likeness (QED) is 0.129. The summed E-state index contributed by atoms with van der Waals surface area (Å²) in [5.74, 6) is 1.16. The number of unbranched alkanes of at least 4 members (excludes halogenated alkanes) is 10. The van der Waals surface area contributed by atoms with Gasteiger partial charge in [-0.2, -0.15) is 0 Å². The first-order valence-corrected chi connectivity index (χ1v) is 13.7. The van der Waals surface area contributed by atoms with Gasteiger partial charge in [0.25, 0.3) is 0 Å². The molecule has 4 nitrogen and oxygen atoms in total. The molecule has 2 aromatic rings. The summed E-state index contributed by atoms with van der Waals surface area (Å²) in [6.07, 6.45) is 18.3. The van der Waals surface area contributed by atoms with Crippen LogP contribution in [-0.4, -0.2) is 30.4 Å². The van der Waals surface area contributed by atoms with Crippen LogP contribution in [0.3, 0.4) is 0 Å². The molecule has 0 unspecified atom stereocenters. The van der Waals surface area contributed by atoms with Crippen LogP contribution >= 0.6 is 0 Å². The SMILES string of the molecule is CCCCCCCCOc1cc(B(O)O)c(OCCCCCCCC)cc1/C=C\c1ccccc1. The zero-order valence-electron chi connectivity index (χ0n) is 21.9. The van der Waals surface area contributed by atoms with E-state index < -0.39 is 7.12 Å². The van der Waals surface area contributed by atoms with Crippen molar-refractivity contribution in [1.29, 1.82) is 0 Å². The van der Waals surface area contributed by atoms with Gasteiger partial charge in [-0.05, 0) is 30.5 Å². The molecule has 0 heterocycles. The fraction of sp³-hybridized carbons (Fsp3) is 0.533. The van der Waals surface area contributed by atoms with E-state index in [9.17, 15) is 10.0 Å². The molecule has 0 aliphatic rings. The number of ether oxygens (including phenoxy) is 2.